The highest BCUT2D eigenvalue weighted by atomic mass is 16.4. The lowest BCUT2D eigenvalue weighted by atomic mass is 10.1. The van der Waals surface area contributed by atoms with Crippen molar-refractivity contribution in [3.8, 4) is 0 Å². The molecule has 7 heteroatoms. The number of aliphatic hydroxyl groups excluding tert-OH is 2. The van der Waals surface area contributed by atoms with Crippen LogP contribution < -0.4 is 0 Å². The van der Waals surface area contributed by atoms with Crippen molar-refractivity contribution in [3.05, 3.63) is 24.3 Å². The summed E-state index contributed by atoms with van der Waals surface area (Å²) < 4.78 is 0. The first-order chi connectivity index (χ1) is 23.3. The van der Waals surface area contributed by atoms with Gasteiger partial charge in [0.15, 0.2) is 0 Å². The van der Waals surface area contributed by atoms with E-state index in [1.807, 2.05) is 11.9 Å². The van der Waals surface area contributed by atoms with Gasteiger partial charge in [-0.05, 0) is 71.3 Å². The number of unbranched alkanes of at least 4 members (excludes halogenated alkanes) is 22. The first kappa shape index (κ1) is 50.7. The lowest BCUT2D eigenvalue weighted by Gasteiger charge is -2.11. The summed E-state index contributed by atoms with van der Waals surface area (Å²) in [6, 6.07) is 0. The van der Waals surface area contributed by atoms with Crippen molar-refractivity contribution < 1.29 is 30.0 Å². The normalized spacial score (nSPS) is 11.1. The van der Waals surface area contributed by atoms with Gasteiger partial charge in [-0.15, -0.1) is 0 Å². The second-order valence-electron chi connectivity index (χ2n) is 13.2. The quantitative estimate of drug-likeness (QED) is 0.0394. The van der Waals surface area contributed by atoms with Crippen LogP contribution in [0, 0.1) is 0 Å². The maximum absolute atomic E-state index is 10.3. The minimum Gasteiger partial charge on any atom is -0.481 e. The van der Waals surface area contributed by atoms with E-state index < -0.39 is 11.9 Å². The molecular formula is C41H81NO6. The number of hydrogen-bond donors (Lipinski definition) is 4. The number of carbonyl (C=O) groups is 2. The molecule has 0 aliphatic carbocycles. The molecule has 0 saturated heterocycles. The summed E-state index contributed by atoms with van der Waals surface area (Å²) in [7, 11) is 1.85. The van der Waals surface area contributed by atoms with E-state index in [1.165, 1.54) is 141 Å². The number of rotatable bonds is 34. The second kappa shape index (κ2) is 47.4. The Morgan fingerprint density at radius 2 is 0.688 bits per heavy atom. The molecule has 0 aliphatic rings. The van der Waals surface area contributed by atoms with Gasteiger partial charge in [0.25, 0.3) is 0 Å². The van der Waals surface area contributed by atoms with Crippen molar-refractivity contribution in [2.24, 2.45) is 0 Å². The van der Waals surface area contributed by atoms with Gasteiger partial charge in [-0.25, -0.2) is 0 Å². The highest BCUT2D eigenvalue weighted by Crippen LogP contribution is 2.11. The maximum Gasteiger partial charge on any atom is 0.303 e. The van der Waals surface area contributed by atoms with Crippen molar-refractivity contribution in [2.75, 3.05) is 33.4 Å². The first-order valence-corrected chi connectivity index (χ1v) is 20.0. The summed E-state index contributed by atoms with van der Waals surface area (Å²) in [6.07, 6.45) is 42.5. The van der Waals surface area contributed by atoms with Crippen molar-refractivity contribution in [3.63, 3.8) is 0 Å². The first-order valence-electron chi connectivity index (χ1n) is 20.0. The number of carboxylic acid groups (broad SMARTS) is 2. The largest absolute Gasteiger partial charge is 0.481 e. The van der Waals surface area contributed by atoms with Crippen LogP contribution in [0.2, 0.25) is 0 Å². The lowest BCUT2D eigenvalue weighted by molar-refractivity contribution is -0.138. The zero-order chi connectivity index (χ0) is 36.2. The molecule has 0 rings (SSSR count). The smallest absolute Gasteiger partial charge is 0.303 e. The average Bonchev–Trinajstić information content (AvgIpc) is 3.05. The average molecular weight is 684 g/mol. The Labute approximate surface area is 297 Å². The van der Waals surface area contributed by atoms with Gasteiger partial charge in [0, 0.05) is 25.9 Å². The summed E-state index contributed by atoms with van der Waals surface area (Å²) in [5.74, 6) is -1.33. The summed E-state index contributed by atoms with van der Waals surface area (Å²) >= 11 is 0. The molecule has 48 heavy (non-hydrogen) atoms. The summed E-state index contributed by atoms with van der Waals surface area (Å²) in [6.45, 7) is 6.12. The molecule has 0 saturated carbocycles. The van der Waals surface area contributed by atoms with E-state index >= 15 is 0 Å². The van der Waals surface area contributed by atoms with Gasteiger partial charge in [0.05, 0.1) is 13.2 Å². The molecule has 0 aromatic carbocycles. The molecule has 0 radical (unpaired) electrons. The molecule has 0 aliphatic heterocycles. The number of nitrogens with zero attached hydrogens (tertiary/aromatic N) is 1. The van der Waals surface area contributed by atoms with Gasteiger partial charge in [0.2, 0.25) is 0 Å². The number of carboxylic acids is 2. The van der Waals surface area contributed by atoms with E-state index in [9.17, 15) is 9.59 Å². The van der Waals surface area contributed by atoms with Crippen LogP contribution >= 0.6 is 0 Å². The van der Waals surface area contributed by atoms with Crippen molar-refractivity contribution in [1.82, 2.24) is 4.90 Å². The van der Waals surface area contributed by atoms with Gasteiger partial charge in [0.1, 0.15) is 0 Å². The third kappa shape index (κ3) is 56.6. The monoisotopic (exact) mass is 684 g/mol. The van der Waals surface area contributed by atoms with E-state index in [-0.39, 0.29) is 13.2 Å². The van der Waals surface area contributed by atoms with Crippen molar-refractivity contribution in [2.45, 2.75) is 194 Å². The summed E-state index contributed by atoms with van der Waals surface area (Å²) in [5.41, 5.74) is 0. The fraction of sp³-hybridized carbons (Fsp3) is 0.854. The maximum atomic E-state index is 10.3. The van der Waals surface area contributed by atoms with E-state index in [2.05, 4.69) is 38.2 Å². The molecule has 0 heterocycles. The Bertz CT molecular complexity index is 626. The molecule has 0 spiro atoms. The van der Waals surface area contributed by atoms with Crippen LogP contribution in [0.3, 0.4) is 0 Å². The van der Waals surface area contributed by atoms with Crippen LogP contribution in [0.5, 0.6) is 0 Å². The fourth-order valence-corrected chi connectivity index (χ4v) is 5.15. The van der Waals surface area contributed by atoms with Gasteiger partial charge in [-0.1, -0.05) is 141 Å². The van der Waals surface area contributed by atoms with Crippen LogP contribution in [0.1, 0.15) is 194 Å². The van der Waals surface area contributed by atoms with Crippen molar-refractivity contribution in [1.29, 1.82) is 0 Å². The van der Waals surface area contributed by atoms with Crippen LogP contribution in [0.25, 0.3) is 0 Å². The topological polar surface area (TPSA) is 118 Å². The van der Waals surface area contributed by atoms with E-state index in [0.29, 0.717) is 25.9 Å². The van der Waals surface area contributed by atoms with E-state index in [0.717, 1.165) is 25.7 Å². The predicted molar refractivity (Wildman–Crippen MR) is 206 cm³/mol. The number of aliphatic hydroxyl groups is 2. The molecule has 4 N–H and O–H groups in total. The van der Waals surface area contributed by atoms with Crippen LogP contribution in [-0.4, -0.2) is 70.6 Å². The Morgan fingerprint density at radius 3 is 0.938 bits per heavy atom. The predicted octanol–water partition coefficient (Wildman–Crippen LogP) is 11.1. The molecule has 0 unspecified atom stereocenters. The minimum absolute atomic E-state index is 0.163. The summed E-state index contributed by atoms with van der Waals surface area (Å²) in [5, 5.41) is 33.7. The Morgan fingerprint density at radius 1 is 0.438 bits per heavy atom. The van der Waals surface area contributed by atoms with Crippen LogP contribution in [0.4, 0.5) is 0 Å². The number of aliphatic carboxylic acids is 2. The zero-order valence-corrected chi connectivity index (χ0v) is 32.0. The third-order valence-corrected chi connectivity index (χ3v) is 8.27. The molecule has 0 bridgehead atoms. The van der Waals surface area contributed by atoms with Gasteiger partial charge < -0.3 is 25.3 Å². The van der Waals surface area contributed by atoms with E-state index in [1.54, 1.807) is 0 Å². The zero-order valence-electron chi connectivity index (χ0n) is 32.0. The molecule has 0 fully saturated rings. The molecule has 7 nitrogen and oxygen atoms in total. The molecule has 0 atom stereocenters. The number of likely N-dealkylation sites (N-methyl/N-ethyl adjacent to an activating group) is 1. The van der Waals surface area contributed by atoms with Gasteiger partial charge in [-0.3, -0.25) is 9.59 Å². The highest BCUT2D eigenvalue weighted by Gasteiger charge is 1.97. The van der Waals surface area contributed by atoms with Crippen LogP contribution in [-0.2, 0) is 9.59 Å². The molecular weight excluding hydrogens is 602 g/mol. The van der Waals surface area contributed by atoms with Gasteiger partial charge in [-0.2, -0.15) is 0 Å². The van der Waals surface area contributed by atoms with E-state index in [4.69, 9.17) is 20.4 Å². The molecule has 0 amide bonds. The standard InChI is InChI=1S/2C18H34O2.C5H13NO2/c2*1-2-3-4-5-6-7-8-9-10-11-12-13-14-15-16-17-18(19)20;1-6(2-4-7)3-5-8/h2*9-10H,2-8,11-17H2,1H3,(H,19,20);7-8H,2-5H2,1H3/b2*10-9-;. The molecule has 0 aromatic rings. The fourth-order valence-electron chi connectivity index (χ4n) is 5.15. The number of hydrogen-bond acceptors (Lipinski definition) is 5. The van der Waals surface area contributed by atoms with Gasteiger partial charge >= 0.3 is 11.9 Å². The Kier molecular flexibility index (Phi) is 50.1. The summed E-state index contributed by atoms with van der Waals surface area (Å²) in [4.78, 5) is 22.5. The molecule has 286 valence electrons. The number of allylic oxidation sites excluding steroid dienone is 4. The second-order valence-corrected chi connectivity index (χ2v) is 13.2. The van der Waals surface area contributed by atoms with Crippen molar-refractivity contribution >= 4 is 11.9 Å². The SMILES string of the molecule is CCCCCCCC/C=C\CCCCCCCC(=O)O.CCCCCCCC/C=C\CCCCCCCC(=O)O.CN(CCO)CCO. The third-order valence-electron chi connectivity index (χ3n) is 8.27. The molecule has 0 aromatic heterocycles. The highest BCUT2D eigenvalue weighted by molar-refractivity contribution is 5.66. The Balaban J connectivity index is -0.000000689. The lowest BCUT2D eigenvalue weighted by Crippen LogP contribution is -2.25. The minimum atomic E-state index is -0.664. The Hall–Kier alpha value is -1.70. The van der Waals surface area contributed by atoms with Crippen LogP contribution in [0.15, 0.2) is 24.3 Å².